The molecule has 11 heteroatoms. The lowest BCUT2D eigenvalue weighted by atomic mass is 9.95. The lowest BCUT2D eigenvalue weighted by molar-refractivity contribution is -0.139. The molecule has 3 aliphatic heterocycles. The number of fused-ring (bicyclic) bond motifs is 2. The molecule has 4 heterocycles. The van der Waals surface area contributed by atoms with Crippen LogP contribution < -0.4 is 29.4 Å². The summed E-state index contributed by atoms with van der Waals surface area (Å²) in [5, 5.41) is 5.79. The first-order valence-electron chi connectivity index (χ1n) is 12.4. The van der Waals surface area contributed by atoms with E-state index in [0.29, 0.717) is 43.5 Å². The molecule has 0 radical (unpaired) electrons. The number of amides is 1. The zero-order valence-corrected chi connectivity index (χ0v) is 22.2. The van der Waals surface area contributed by atoms with Crippen LogP contribution in [-0.2, 0) is 14.3 Å². The highest BCUT2D eigenvalue weighted by Gasteiger charge is 2.36. The van der Waals surface area contributed by atoms with Crippen molar-refractivity contribution in [3.8, 4) is 11.5 Å². The smallest absolute Gasteiger partial charge is 0.338 e. The van der Waals surface area contributed by atoms with Crippen molar-refractivity contribution < 1.29 is 23.8 Å². The Morgan fingerprint density at radius 2 is 1.90 bits per heavy atom. The number of carbonyl (C=O) groups is 2. The van der Waals surface area contributed by atoms with E-state index < -0.39 is 17.9 Å². The third-order valence-corrected chi connectivity index (χ3v) is 7.73. The largest absolute Gasteiger partial charge is 0.463 e. The van der Waals surface area contributed by atoms with Gasteiger partial charge in [-0.15, -0.1) is 0 Å². The quantitative estimate of drug-likeness (QED) is 0.457. The number of ether oxygens (including phenoxy) is 3. The summed E-state index contributed by atoms with van der Waals surface area (Å²) in [5.41, 5.74) is 2.22. The van der Waals surface area contributed by atoms with Gasteiger partial charge in [0.1, 0.15) is 5.92 Å². The number of allylic oxidation sites excluding steroid dienone is 1. The maximum Gasteiger partial charge on any atom is 0.338 e. The number of benzene rings is 2. The van der Waals surface area contributed by atoms with Crippen LogP contribution in [0.5, 0.6) is 11.5 Å². The highest BCUT2D eigenvalue weighted by Crippen LogP contribution is 2.38. The molecule has 0 spiro atoms. The van der Waals surface area contributed by atoms with Crippen LogP contribution in [0.25, 0.3) is 6.08 Å². The minimum absolute atomic E-state index is 0.0947. The Balaban J connectivity index is 1.47. The van der Waals surface area contributed by atoms with Gasteiger partial charge in [0.05, 0.1) is 39.9 Å². The summed E-state index contributed by atoms with van der Waals surface area (Å²) in [6, 6.07) is 13.6. The first kappa shape index (κ1) is 24.8. The third kappa shape index (κ3) is 4.15. The molecule has 1 amide bonds. The van der Waals surface area contributed by atoms with E-state index in [4.69, 9.17) is 14.2 Å². The Bertz CT molecular complexity index is 1750. The fourth-order valence-corrected chi connectivity index (χ4v) is 5.94. The fourth-order valence-electron chi connectivity index (χ4n) is 4.88. The number of carbonyl (C=O) groups excluding carboxylic acids is 2. The highest BCUT2D eigenvalue weighted by molar-refractivity contribution is 7.07. The van der Waals surface area contributed by atoms with E-state index in [1.807, 2.05) is 18.2 Å². The number of rotatable bonds is 5. The molecular formula is C28H24N4O6S. The van der Waals surface area contributed by atoms with E-state index in [-0.39, 0.29) is 30.4 Å². The molecule has 0 aliphatic carbocycles. The molecule has 6 rings (SSSR count). The van der Waals surface area contributed by atoms with Crippen molar-refractivity contribution in [2.24, 2.45) is 16.0 Å². The minimum atomic E-state index is -0.799. The van der Waals surface area contributed by atoms with E-state index in [9.17, 15) is 14.4 Å². The number of aromatic nitrogens is 1. The van der Waals surface area contributed by atoms with Gasteiger partial charge >= 0.3 is 5.97 Å². The molecule has 0 unspecified atom stereocenters. The van der Waals surface area contributed by atoms with E-state index in [1.165, 1.54) is 9.58 Å². The molecule has 1 aromatic heterocycles. The maximum atomic E-state index is 13.9. The fraction of sp³-hybridized carbons (Fsp3) is 0.250. The Kier molecular flexibility index (Phi) is 6.15. The van der Waals surface area contributed by atoms with Gasteiger partial charge in [0, 0.05) is 0 Å². The maximum absolute atomic E-state index is 13.9. The number of nitrogens with zero attached hydrogens (tertiary/aromatic N) is 4. The predicted molar refractivity (Wildman–Crippen MR) is 144 cm³/mol. The predicted octanol–water partition coefficient (Wildman–Crippen LogP) is 2.52. The van der Waals surface area contributed by atoms with Gasteiger partial charge in [0.2, 0.25) is 6.79 Å². The standard InChI is InChI=1S/C28H24N4O6S/c1-4-36-27(35)23-16(3)29-28-31(24(23)17-10-11-20-21(12-17)38-14-37-20)26(34)22(39-28)13-19-15(2)30-32(25(19)33)18-8-6-5-7-9-18/h5-13,19,24H,4,14H2,1-3H3/b22-13+/t19-,24+/m0/s1. The summed E-state index contributed by atoms with van der Waals surface area (Å²) in [4.78, 5) is 45.3. The molecule has 39 heavy (non-hydrogen) atoms. The van der Waals surface area contributed by atoms with Gasteiger partial charge in [0.15, 0.2) is 16.3 Å². The zero-order valence-electron chi connectivity index (χ0n) is 21.4. The van der Waals surface area contributed by atoms with E-state index in [1.54, 1.807) is 57.2 Å². The Morgan fingerprint density at radius 1 is 1.13 bits per heavy atom. The summed E-state index contributed by atoms with van der Waals surface area (Å²) in [7, 11) is 0. The van der Waals surface area contributed by atoms with Gasteiger partial charge in [-0.3, -0.25) is 14.2 Å². The molecule has 0 N–H and O–H groups in total. The molecule has 0 fully saturated rings. The first-order chi connectivity index (χ1) is 18.9. The molecule has 10 nitrogen and oxygen atoms in total. The van der Waals surface area contributed by atoms with Crippen molar-refractivity contribution in [3.05, 3.63) is 85.1 Å². The van der Waals surface area contributed by atoms with E-state index in [0.717, 1.165) is 11.3 Å². The Morgan fingerprint density at radius 3 is 2.67 bits per heavy atom. The molecule has 2 aromatic carbocycles. The van der Waals surface area contributed by atoms with Crippen LogP contribution in [0, 0.1) is 5.92 Å². The number of hydrazone groups is 1. The molecule has 3 aliphatic rings. The lowest BCUT2D eigenvalue weighted by Gasteiger charge is -2.24. The van der Waals surface area contributed by atoms with E-state index in [2.05, 4.69) is 10.1 Å². The average molecular weight is 545 g/mol. The third-order valence-electron chi connectivity index (χ3n) is 6.73. The molecule has 0 saturated carbocycles. The summed E-state index contributed by atoms with van der Waals surface area (Å²) in [6.07, 6.45) is 1.63. The molecular weight excluding hydrogens is 520 g/mol. The van der Waals surface area contributed by atoms with Gasteiger partial charge in [-0.2, -0.15) is 10.1 Å². The molecule has 198 valence electrons. The van der Waals surface area contributed by atoms with Crippen LogP contribution in [0.1, 0.15) is 32.4 Å². The average Bonchev–Trinajstić information content (AvgIpc) is 3.60. The van der Waals surface area contributed by atoms with Crippen molar-refractivity contribution in [3.63, 3.8) is 0 Å². The number of para-hydroxylation sites is 1. The van der Waals surface area contributed by atoms with Crippen molar-refractivity contribution >= 4 is 40.7 Å². The molecule has 3 aromatic rings. The highest BCUT2D eigenvalue weighted by atomic mass is 32.1. The molecule has 0 saturated heterocycles. The van der Waals surface area contributed by atoms with Gasteiger partial charge in [-0.25, -0.2) is 9.79 Å². The van der Waals surface area contributed by atoms with Crippen molar-refractivity contribution in [2.45, 2.75) is 26.8 Å². The van der Waals surface area contributed by atoms with Gasteiger partial charge in [-0.1, -0.05) is 35.6 Å². The van der Waals surface area contributed by atoms with Crippen LogP contribution >= 0.6 is 11.3 Å². The van der Waals surface area contributed by atoms with Crippen molar-refractivity contribution in [2.75, 3.05) is 18.4 Å². The van der Waals surface area contributed by atoms with Crippen LogP contribution in [0.2, 0.25) is 0 Å². The first-order valence-corrected chi connectivity index (χ1v) is 13.2. The van der Waals surface area contributed by atoms with Crippen LogP contribution in [-0.4, -0.2) is 35.6 Å². The lowest BCUT2D eigenvalue weighted by Crippen LogP contribution is -2.40. The SMILES string of the molecule is CCOC(=O)C1=C(C)N=c2s/c(=C/[C@@H]3C(=O)N(c4ccccc4)N=C3C)c(=O)n2[C@@H]1c1ccc2c(c1)OCO2. The number of hydrogen-bond acceptors (Lipinski definition) is 9. The second-order valence-electron chi connectivity index (χ2n) is 9.14. The Hall–Kier alpha value is -4.51. The normalized spacial score (nSPS) is 20.2. The molecule has 0 bridgehead atoms. The topological polar surface area (TPSA) is 112 Å². The van der Waals surface area contributed by atoms with Gasteiger partial charge in [-0.05, 0) is 56.7 Å². The van der Waals surface area contributed by atoms with Crippen molar-refractivity contribution in [1.82, 2.24) is 4.57 Å². The Labute approximate surface area is 226 Å². The van der Waals surface area contributed by atoms with Gasteiger partial charge in [0.25, 0.3) is 11.5 Å². The van der Waals surface area contributed by atoms with Crippen LogP contribution in [0.3, 0.4) is 0 Å². The number of thiazole rings is 1. The van der Waals surface area contributed by atoms with Crippen LogP contribution in [0.15, 0.2) is 74.7 Å². The van der Waals surface area contributed by atoms with Gasteiger partial charge < -0.3 is 14.2 Å². The zero-order chi connectivity index (χ0) is 27.3. The summed E-state index contributed by atoms with van der Waals surface area (Å²) in [5.74, 6) is -0.400. The number of hydrogen-bond donors (Lipinski definition) is 0. The summed E-state index contributed by atoms with van der Waals surface area (Å²) < 4.78 is 18.2. The summed E-state index contributed by atoms with van der Waals surface area (Å²) in [6.45, 7) is 5.47. The second kappa shape index (κ2) is 9.66. The minimum Gasteiger partial charge on any atom is -0.463 e. The second-order valence-corrected chi connectivity index (χ2v) is 10.2. The molecule has 2 atom stereocenters. The monoisotopic (exact) mass is 544 g/mol. The van der Waals surface area contributed by atoms with E-state index >= 15 is 0 Å². The summed E-state index contributed by atoms with van der Waals surface area (Å²) >= 11 is 1.16. The van der Waals surface area contributed by atoms with Crippen LogP contribution in [0.4, 0.5) is 5.69 Å². The number of esters is 1. The van der Waals surface area contributed by atoms with Crippen molar-refractivity contribution in [1.29, 1.82) is 0 Å². The number of anilines is 1.